The number of fused-ring (bicyclic) bond motifs is 1. The van der Waals surface area contributed by atoms with E-state index in [2.05, 4.69) is 21.0 Å². The Morgan fingerprint density at radius 1 is 1.35 bits per heavy atom. The van der Waals surface area contributed by atoms with Gasteiger partial charge in [-0.15, -0.1) is 0 Å². The van der Waals surface area contributed by atoms with E-state index in [1.54, 1.807) is 6.33 Å². The Morgan fingerprint density at radius 3 is 2.75 bits per heavy atom. The molecule has 3 rings (SSSR count). The fourth-order valence-electron chi connectivity index (χ4n) is 2.42. The third-order valence-corrected chi connectivity index (χ3v) is 3.35. The second-order valence-corrected chi connectivity index (χ2v) is 4.62. The molecule has 3 N–H and O–H groups in total. The summed E-state index contributed by atoms with van der Waals surface area (Å²) in [6, 6.07) is 0.181. The first-order valence-electron chi connectivity index (χ1n) is 6.95. The topological polar surface area (TPSA) is 89.9 Å². The van der Waals surface area contributed by atoms with Gasteiger partial charge in [-0.1, -0.05) is 26.0 Å². The summed E-state index contributed by atoms with van der Waals surface area (Å²) in [5.74, 6) is 0.482. The molecule has 0 radical (unpaired) electrons. The van der Waals surface area contributed by atoms with E-state index in [4.69, 9.17) is 10.8 Å². The molecular formula is C14H21N5O. The zero-order valence-corrected chi connectivity index (χ0v) is 12.1. The first kappa shape index (κ1) is 14.5. The van der Waals surface area contributed by atoms with Gasteiger partial charge in [0, 0.05) is 12.5 Å². The molecule has 20 heavy (non-hydrogen) atoms. The molecule has 0 bridgehead atoms. The molecule has 0 saturated heterocycles. The Balaban J connectivity index is 0.000000704. The highest BCUT2D eigenvalue weighted by Gasteiger charge is 2.22. The van der Waals surface area contributed by atoms with Crippen molar-refractivity contribution in [3.8, 4) is 0 Å². The molecule has 0 aromatic carbocycles. The van der Waals surface area contributed by atoms with Gasteiger partial charge in [-0.05, 0) is 13.3 Å². The second-order valence-electron chi connectivity index (χ2n) is 4.62. The predicted octanol–water partition coefficient (Wildman–Crippen LogP) is 1.85. The summed E-state index contributed by atoms with van der Waals surface area (Å²) < 4.78 is 1.99. The fourth-order valence-corrected chi connectivity index (χ4v) is 2.42. The van der Waals surface area contributed by atoms with E-state index < -0.39 is 0 Å². The molecule has 6 nitrogen and oxygen atoms in total. The molecule has 0 amide bonds. The molecule has 0 spiro atoms. The number of nitrogens with zero attached hydrogens (tertiary/aromatic N) is 4. The summed E-state index contributed by atoms with van der Waals surface area (Å²) >= 11 is 0. The van der Waals surface area contributed by atoms with E-state index in [0.29, 0.717) is 0 Å². The van der Waals surface area contributed by atoms with Crippen molar-refractivity contribution in [2.24, 2.45) is 5.92 Å². The van der Waals surface area contributed by atoms with E-state index in [-0.39, 0.29) is 24.5 Å². The van der Waals surface area contributed by atoms with Crippen LogP contribution in [0.15, 0.2) is 18.5 Å². The van der Waals surface area contributed by atoms with Crippen molar-refractivity contribution in [2.45, 2.75) is 33.2 Å². The van der Waals surface area contributed by atoms with E-state index in [1.165, 1.54) is 0 Å². The highest BCUT2D eigenvalue weighted by Crippen LogP contribution is 2.30. The SMILES string of the molecule is CC.Cc1nc(N)nc2c1ncn2C1C=CC(CO)C1. The molecule has 1 aliphatic carbocycles. The van der Waals surface area contributed by atoms with Gasteiger partial charge in [-0.3, -0.25) is 0 Å². The standard InChI is InChI=1S/C12H15N5O.C2H6/c1-7-10-11(16-12(13)15-7)17(6-14-10)9-3-2-8(4-9)5-18;1-2/h2-3,6,8-9,18H,4-5H2,1H3,(H2,13,15,16);1-2H3. The summed E-state index contributed by atoms with van der Waals surface area (Å²) in [4.78, 5) is 12.7. The van der Waals surface area contributed by atoms with Crippen LogP contribution in [0.1, 0.15) is 32.0 Å². The van der Waals surface area contributed by atoms with E-state index in [0.717, 1.165) is 23.3 Å². The molecule has 0 fully saturated rings. The molecule has 2 aromatic heterocycles. The van der Waals surface area contributed by atoms with Gasteiger partial charge in [0.25, 0.3) is 0 Å². The largest absolute Gasteiger partial charge is 0.396 e. The molecule has 2 heterocycles. The summed E-state index contributed by atoms with van der Waals surface area (Å²) in [5.41, 5.74) is 8.01. The molecule has 0 saturated carbocycles. The number of aryl methyl sites for hydroxylation is 1. The highest BCUT2D eigenvalue weighted by atomic mass is 16.3. The Labute approximate surface area is 118 Å². The Hall–Kier alpha value is -1.95. The smallest absolute Gasteiger partial charge is 0.222 e. The van der Waals surface area contributed by atoms with Crippen LogP contribution in [-0.4, -0.2) is 31.2 Å². The first-order chi connectivity index (χ1) is 9.69. The number of hydrogen-bond donors (Lipinski definition) is 2. The minimum absolute atomic E-state index is 0.176. The molecule has 2 aromatic rings. The average molecular weight is 275 g/mol. The maximum Gasteiger partial charge on any atom is 0.222 e. The summed E-state index contributed by atoms with van der Waals surface area (Å²) in [6.45, 7) is 6.05. The number of aliphatic hydroxyl groups is 1. The van der Waals surface area contributed by atoms with Gasteiger partial charge in [0.05, 0.1) is 18.1 Å². The van der Waals surface area contributed by atoms with Crippen LogP contribution in [0.5, 0.6) is 0 Å². The van der Waals surface area contributed by atoms with Gasteiger partial charge in [-0.25, -0.2) is 9.97 Å². The van der Waals surface area contributed by atoms with Gasteiger partial charge in [0.1, 0.15) is 5.52 Å². The summed E-state index contributed by atoms with van der Waals surface area (Å²) in [6.07, 6.45) is 6.75. The number of anilines is 1. The Bertz CT molecular complexity index is 619. The van der Waals surface area contributed by atoms with Crippen LogP contribution in [0.3, 0.4) is 0 Å². The number of hydrogen-bond acceptors (Lipinski definition) is 5. The minimum Gasteiger partial charge on any atom is -0.396 e. The lowest BCUT2D eigenvalue weighted by Gasteiger charge is -2.12. The average Bonchev–Trinajstić information content (AvgIpc) is 3.06. The molecule has 6 heteroatoms. The quantitative estimate of drug-likeness (QED) is 0.816. The van der Waals surface area contributed by atoms with Gasteiger partial charge in [0.15, 0.2) is 5.65 Å². The number of rotatable bonds is 2. The van der Waals surface area contributed by atoms with Crippen molar-refractivity contribution in [2.75, 3.05) is 12.3 Å². The lowest BCUT2D eigenvalue weighted by atomic mass is 10.1. The maximum absolute atomic E-state index is 9.16. The van der Waals surface area contributed by atoms with E-state index in [1.807, 2.05) is 31.4 Å². The zero-order valence-electron chi connectivity index (χ0n) is 12.1. The fraction of sp³-hybridized carbons (Fsp3) is 0.500. The predicted molar refractivity (Wildman–Crippen MR) is 79.2 cm³/mol. The van der Waals surface area contributed by atoms with Crippen molar-refractivity contribution in [3.05, 3.63) is 24.2 Å². The van der Waals surface area contributed by atoms with Crippen molar-refractivity contribution in [1.29, 1.82) is 0 Å². The molecule has 1 aliphatic rings. The third-order valence-electron chi connectivity index (χ3n) is 3.35. The normalized spacial score (nSPS) is 21.0. The van der Waals surface area contributed by atoms with Crippen LogP contribution in [0.2, 0.25) is 0 Å². The van der Waals surface area contributed by atoms with Crippen LogP contribution in [0, 0.1) is 12.8 Å². The number of nitrogen functional groups attached to an aromatic ring is 1. The maximum atomic E-state index is 9.16. The number of nitrogens with two attached hydrogens (primary N) is 1. The van der Waals surface area contributed by atoms with Crippen molar-refractivity contribution in [3.63, 3.8) is 0 Å². The zero-order chi connectivity index (χ0) is 14.7. The Morgan fingerprint density at radius 2 is 2.10 bits per heavy atom. The molecule has 2 atom stereocenters. The van der Waals surface area contributed by atoms with Crippen molar-refractivity contribution >= 4 is 17.1 Å². The lowest BCUT2D eigenvalue weighted by molar-refractivity contribution is 0.244. The van der Waals surface area contributed by atoms with E-state index >= 15 is 0 Å². The van der Waals surface area contributed by atoms with Gasteiger partial charge < -0.3 is 15.4 Å². The molecule has 0 aliphatic heterocycles. The molecular weight excluding hydrogens is 254 g/mol. The van der Waals surface area contributed by atoms with Gasteiger partial charge >= 0.3 is 0 Å². The van der Waals surface area contributed by atoms with E-state index in [9.17, 15) is 0 Å². The third kappa shape index (κ3) is 2.51. The second kappa shape index (κ2) is 6.00. The lowest BCUT2D eigenvalue weighted by Crippen LogP contribution is -2.08. The summed E-state index contributed by atoms with van der Waals surface area (Å²) in [7, 11) is 0. The molecule has 108 valence electrons. The number of aromatic nitrogens is 4. The molecule has 2 unspecified atom stereocenters. The van der Waals surface area contributed by atoms with Crippen LogP contribution in [-0.2, 0) is 0 Å². The number of allylic oxidation sites excluding steroid dienone is 1. The summed E-state index contributed by atoms with van der Waals surface area (Å²) in [5, 5.41) is 9.16. The highest BCUT2D eigenvalue weighted by molar-refractivity contribution is 5.74. The van der Waals surface area contributed by atoms with Crippen molar-refractivity contribution < 1.29 is 5.11 Å². The van der Waals surface area contributed by atoms with Gasteiger partial charge in [-0.2, -0.15) is 4.98 Å². The first-order valence-corrected chi connectivity index (χ1v) is 6.95. The monoisotopic (exact) mass is 275 g/mol. The van der Waals surface area contributed by atoms with Crippen LogP contribution in [0.25, 0.3) is 11.2 Å². The minimum atomic E-state index is 0.176. The van der Waals surface area contributed by atoms with Crippen LogP contribution in [0.4, 0.5) is 5.95 Å². The van der Waals surface area contributed by atoms with Crippen molar-refractivity contribution in [1.82, 2.24) is 19.5 Å². The van der Waals surface area contributed by atoms with Gasteiger partial charge in [0.2, 0.25) is 5.95 Å². The van der Waals surface area contributed by atoms with Crippen LogP contribution >= 0.6 is 0 Å². The number of aliphatic hydroxyl groups excluding tert-OH is 1. The Kier molecular flexibility index (Phi) is 4.34. The van der Waals surface area contributed by atoms with Crippen LogP contribution < -0.4 is 5.73 Å². The number of imidazole rings is 1.